The molecule has 0 amide bonds. The van der Waals surface area contributed by atoms with E-state index in [0.717, 1.165) is 12.1 Å². The van der Waals surface area contributed by atoms with E-state index in [4.69, 9.17) is 0 Å². The molecule has 24 heavy (non-hydrogen) atoms. The third-order valence-electron chi connectivity index (χ3n) is 4.04. The molecular formula is C16H8F8. The van der Waals surface area contributed by atoms with E-state index in [0.29, 0.717) is 17.7 Å². The Balaban J connectivity index is 2.42. The molecule has 0 saturated heterocycles. The van der Waals surface area contributed by atoms with Crippen molar-refractivity contribution in [1.82, 2.24) is 0 Å². The first-order valence-corrected chi connectivity index (χ1v) is 6.79. The maximum absolute atomic E-state index is 14.2. The Kier molecular flexibility index (Phi) is 3.62. The van der Waals surface area contributed by atoms with Gasteiger partial charge in [0.15, 0.2) is 23.3 Å². The first kappa shape index (κ1) is 16.7. The molecule has 0 aliphatic heterocycles. The van der Waals surface area contributed by atoms with Gasteiger partial charge < -0.3 is 0 Å². The van der Waals surface area contributed by atoms with Crippen LogP contribution in [0.1, 0.15) is 22.3 Å². The van der Waals surface area contributed by atoms with Crippen LogP contribution in [0, 0.1) is 23.3 Å². The second-order valence-electron chi connectivity index (χ2n) is 5.46. The topological polar surface area (TPSA) is 0 Å². The molecule has 0 saturated carbocycles. The molecule has 6 rings (SSSR count). The Labute approximate surface area is 130 Å². The van der Waals surface area contributed by atoms with E-state index in [1.807, 2.05) is 0 Å². The number of hydrogen-bond donors (Lipinski definition) is 0. The Bertz CT molecular complexity index is 779. The fourth-order valence-corrected chi connectivity index (χ4v) is 2.66. The predicted molar refractivity (Wildman–Crippen MR) is 67.9 cm³/mol. The normalized spacial score (nSPS) is 18.3. The molecule has 4 bridgehead atoms. The highest BCUT2D eigenvalue weighted by Crippen LogP contribution is 2.51. The van der Waals surface area contributed by atoms with Crippen molar-refractivity contribution in [3.05, 3.63) is 69.8 Å². The van der Waals surface area contributed by atoms with Gasteiger partial charge in [-0.2, -0.15) is 17.6 Å². The third kappa shape index (κ3) is 2.12. The predicted octanol–water partition coefficient (Wildman–Crippen LogP) is 5.23. The highest BCUT2D eigenvalue weighted by molar-refractivity contribution is 5.38. The van der Waals surface area contributed by atoms with Gasteiger partial charge in [0.2, 0.25) is 0 Å². The van der Waals surface area contributed by atoms with Crippen molar-refractivity contribution >= 4 is 0 Å². The van der Waals surface area contributed by atoms with Crippen molar-refractivity contribution in [2.24, 2.45) is 0 Å². The van der Waals surface area contributed by atoms with Gasteiger partial charge in [-0.25, -0.2) is 17.6 Å². The molecule has 0 aromatic heterocycles. The zero-order valence-electron chi connectivity index (χ0n) is 11.7. The Morgan fingerprint density at radius 2 is 1.12 bits per heavy atom. The number of alkyl halides is 4. The largest absolute Gasteiger partial charge is 0.345 e. The van der Waals surface area contributed by atoms with Crippen LogP contribution in [0.2, 0.25) is 0 Å². The quantitative estimate of drug-likeness (QED) is 0.450. The van der Waals surface area contributed by atoms with Crippen molar-refractivity contribution in [3.63, 3.8) is 0 Å². The second-order valence-corrected chi connectivity index (χ2v) is 5.46. The van der Waals surface area contributed by atoms with E-state index >= 15 is 0 Å². The summed E-state index contributed by atoms with van der Waals surface area (Å²) >= 11 is 0. The van der Waals surface area contributed by atoms with E-state index in [9.17, 15) is 35.1 Å². The number of hydrogen-bond acceptors (Lipinski definition) is 0. The molecule has 8 heteroatoms. The molecular weight excluding hydrogens is 344 g/mol. The summed E-state index contributed by atoms with van der Waals surface area (Å²) in [7, 11) is 0. The van der Waals surface area contributed by atoms with Crippen molar-refractivity contribution < 1.29 is 35.1 Å². The average Bonchev–Trinajstić information content (AvgIpc) is 2.52. The first-order chi connectivity index (χ1) is 11.1. The Morgan fingerprint density at radius 1 is 0.625 bits per heavy atom. The molecule has 0 unspecified atom stereocenters. The lowest BCUT2D eigenvalue weighted by Crippen LogP contribution is -2.38. The minimum absolute atomic E-state index is 0.117. The summed E-state index contributed by atoms with van der Waals surface area (Å²) in [5.74, 6) is -19.8. The molecule has 0 N–H and O–H groups in total. The molecule has 2 aromatic rings. The Hall–Kier alpha value is -2.12. The van der Waals surface area contributed by atoms with E-state index < -0.39 is 58.2 Å². The molecule has 0 radical (unpaired) electrons. The van der Waals surface area contributed by atoms with E-state index in [1.54, 1.807) is 0 Å². The van der Waals surface area contributed by atoms with Gasteiger partial charge >= 0.3 is 11.8 Å². The summed E-state index contributed by atoms with van der Waals surface area (Å²) in [5.41, 5.74) is -4.64. The Morgan fingerprint density at radius 3 is 1.62 bits per heavy atom. The molecule has 0 fully saturated rings. The SMILES string of the molecule is Fc1c(F)c2c(F)c(F)c1CCc1ccc(cc1)C(F)(F)C2(F)F. The maximum atomic E-state index is 14.2. The smallest absolute Gasteiger partial charge is 0.203 e. The lowest BCUT2D eigenvalue weighted by Gasteiger charge is -2.29. The monoisotopic (exact) mass is 352 g/mol. The van der Waals surface area contributed by atoms with Crippen LogP contribution in [-0.2, 0) is 24.7 Å². The molecule has 4 aliphatic carbocycles. The van der Waals surface area contributed by atoms with Crippen molar-refractivity contribution in [3.8, 4) is 0 Å². The van der Waals surface area contributed by atoms with Crippen molar-refractivity contribution in [1.29, 1.82) is 0 Å². The molecule has 0 spiro atoms. The van der Waals surface area contributed by atoms with Gasteiger partial charge in [0, 0.05) is 11.1 Å². The van der Waals surface area contributed by atoms with Gasteiger partial charge in [0.25, 0.3) is 0 Å². The van der Waals surface area contributed by atoms with Crippen LogP contribution >= 0.6 is 0 Å². The summed E-state index contributed by atoms with van der Waals surface area (Å²) in [4.78, 5) is 0. The minimum atomic E-state index is -5.50. The number of benzene rings is 2. The van der Waals surface area contributed by atoms with Crippen LogP contribution in [0.3, 0.4) is 0 Å². The summed E-state index contributed by atoms with van der Waals surface area (Å²) in [5, 5.41) is 0. The van der Waals surface area contributed by atoms with Crippen molar-refractivity contribution in [2.75, 3.05) is 0 Å². The van der Waals surface area contributed by atoms with Crippen LogP contribution < -0.4 is 0 Å². The van der Waals surface area contributed by atoms with E-state index in [-0.39, 0.29) is 6.42 Å². The van der Waals surface area contributed by atoms with Crippen LogP contribution in [-0.4, -0.2) is 0 Å². The van der Waals surface area contributed by atoms with Crippen LogP contribution in [0.4, 0.5) is 35.1 Å². The molecule has 4 aliphatic rings. The van der Waals surface area contributed by atoms with Crippen LogP contribution in [0.5, 0.6) is 0 Å². The highest BCUT2D eigenvalue weighted by atomic mass is 19.3. The van der Waals surface area contributed by atoms with Gasteiger partial charge in [-0.1, -0.05) is 24.3 Å². The zero-order valence-corrected chi connectivity index (χ0v) is 11.7. The highest BCUT2D eigenvalue weighted by Gasteiger charge is 2.62. The summed E-state index contributed by atoms with van der Waals surface area (Å²) in [6.45, 7) is 0. The second kappa shape index (κ2) is 5.19. The fourth-order valence-electron chi connectivity index (χ4n) is 2.66. The molecule has 0 nitrogen and oxygen atoms in total. The number of rotatable bonds is 0. The average molecular weight is 352 g/mol. The van der Waals surface area contributed by atoms with E-state index in [1.165, 1.54) is 0 Å². The van der Waals surface area contributed by atoms with Gasteiger partial charge in [-0.05, 0) is 18.4 Å². The molecule has 0 heterocycles. The third-order valence-corrected chi connectivity index (χ3v) is 4.04. The van der Waals surface area contributed by atoms with E-state index in [2.05, 4.69) is 0 Å². The summed E-state index contributed by atoms with van der Waals surface area (Å²) in [6, 6.07) is 3.57. The van der Waals surface area contributed by atoms with Gasteiger partial charge in [-0.3, -0.25) is 0 Å². The summed E-state index contributed by atoms with van der Waals surface area (Å²) < 4.78 is 112. The zero-order chi connectivity index (χ0) is 17.9. The van der Waals surface area contributed by atoms with Crippen LogP contribution in [0.15, 0.2) is 24.3 Å². The number of aryl methyl sites for hydroxylation is 1. The molecule has 2 aromatic carbocycles. The first-order valence-electron chi connectivity index (χ1n) is 6.79. The number of halogens is 8. The van der Waals surface area contributed by atoms with Crippen molar-refractivity contribution in [2.45, 2.75) is 24.7 Å². The lowest BCUT2D eigenvalue weighted by molar-refractivity contribution is -0.227. The van der Waals surface area contributed by atoms with Gasteiger partial charge in [0.05, 0.1) is 0 Å². The van der Waals surface area contributed by atoms with Gasteiger partial charge in [0.1, 0.15) is 5.56 Å². The minimum Gasteiger partial charge on any atom is -0.203 e. The van der Waals surface area contributed by atoms with Gasteiger partial charge in [-0.15, -0.1) is 0 Å². The standard InChI is InChI=1S/C16H8F8/c17-11-9-6-3-7-1-4-8(5-2-7)15(21,22)16(23,24)10(13(11)19)14(20)12(9)18/h1-2,4-5H,3,6H2. The maximum Gasteiger partial charge on any atom is 0.345 e. The van der Waals surface area contributed by atoms with Crippen LogP contribution in [0.25, 0.3) is 0 Å². The molecule has 0 atom stereocenters. The lowest BCUT2D eigenvalue weighted by atomic mass is 9.90. The fraction of sp³-hybridized carbons (Fsp3) is 0.250. The molecule has 128 valence electrons. The summed E-state index contributed by atoms with van der Waals surface area (Å²) in [6.07, 6.45) is -0.637.